The number of fused-ring (bicyclic) bond motifs is 1. The molecule has 0 unspecified atom stereocenters. The first-order valence-corrected chi connectivity index (χ1v) is 8.05. The van der Waals surface area contributed by atoms with Crippen molar-refractivity contribution in [2.45, 2.75) is 20.0 Å². The molecule has 0 aromatic heterocycles. The third kappa shape index (κ3) is 3.79. The molecule has 126 valence electrons. The van der Waals surface area contributed by atoms with Crippen molar-refractivity contribution in [1.82, 2.24) is 10.2 Å². The highest BCUT2D eigenvalue weighted by atomic mass is 16.6. The summed E-state index contributed by atoms with van der Waals surface area (Å²) in [4.78, 5) is 13.9. The maximum atomic E-state index is 12.3. The molecule has 0 bridgehead atoms. The Labute approximate surface area is 142 Å². The summed E-state index contributed by atoms with van der Waals surface area (Å²) < 4.78 is 11.1. The quantitative estimate of drug-likeness (QED) is 0.939. The fourth-order valence-electron chi connectivity index (χ4n) is 2.65. The van der Waals surface area contributed by atoms with Crippen molar-refractivity contribution in [3.63, 3.8) is 0 Å². The van der Waals surface area contributed by atoms with Gasteiger partial charge in [-0.2, -0.15) is 0 Å². The van der Waals surface area contributed by atoms with Crippen molar-refractivity contribution in [3.8, 4) is 11.5 Å². The molecule has 2 aromatic carbocycles. The third-order valence-electron chi connectivity index (χ3n) is 4.06. The molecule has 0 saturated carbocycles. The molecule has 0 aliphatic carbocycles. The number of urea groups is 1. The minimum absolute atomic E-state index is 0.104. The van der Waals surface area contributed by atoms with Gasteiger partial charge in [-0.15, -0.1) is 0 Å². The van der Waals surface area contributed by atoms with E-state index in [0.29, 0.717) is 26.3 Å². The Morgan fingerprint density at radius 1 is 1.12 bits per heavy atom. The van der Waals surface area contributed by atoms with Crippen LogP contribution in [0.5, 0.6) is 11.5 Å². The Morgan fingerprint density at radius 2 is 1.88 bits per heavy atom. The van der Waals surface area contributed by atoms with E-state index in [2.05, 4.69) is 5.32 Å². The molecule has 24 heavy (non-hydrogen) atoms. The molecular formula is C19H22N2O3. The average Bonchev–Trinajstić information content (AvgIpc) is 2.60. The molecule has 1 aliphatic heterocycles. The Bertz CT molecular complexity index is 730. The number of rotatable bonds is 4. The maximum Gasteiger partial charge on any atom is 0.317 e. The highest BCUT2D eigenvalue weighted by molar-refractivity contribution is 5.73. The third-order valence-corrected chi connectivity index (χ3v) is 4.06. The van der Waals surface area contributed by atoms with Crippen LogP contribution in [0.1, 0.15) is 16.7 Å². The predicted molar refractivity (Wildman–Crippen MR) is 92.3 cm³/mol. The summed E-state index contributed by atoms with van der Waals surface area (Å²) >= 11 is 0. The SMILES string of the molecule is Cc1ccccc1CNC(=O)N(C)Cc1ccc2c(c1)OCCO2. The summed E-state index contributed by atoms with van der Waals surface area (Å²) in [6.07, 6.45) is 0. The highest BCUT2D eigenvalue weighted by Crippen LogP contribution is 2.31. The van der Waals surface area contributed by atoms with Gasteiger partial charge in [-0.3, -0.25) is 0 Å². The summed E-state index contributed by atoms with van der Waals surface area (Å²) in [5, 5.41) is 2.95. The zero-order chi connectivity index (χ0) is 16.9. The Hall–Kier alpha value is -2.69. The molecule has 2 amide bonds. The Kier molecular flexibility index (Phi) is 4.89. The van der Waals surface area contributed by atoms with Crippen molar-refractivity contribution in [2.75, 3.05) is 20.3 Å². The lowest BCUT2D eigenvalue weighted by Crippen LogP contribution is -2.36. The lowest BCUT2D eigenvalue weighted by molar-refractivity contribution is 0.171. The molecule has 1 heterocycles. The number of hydrogen-bond donors (Lipinski definition) is 1. The van der Waals surface area contributed by atoms with Crippen LogP contribution in [0.2, 0.25) is 0 Å². The van der Waals surface area contributed by atoms with Crippen LogP contribution in [0.4, 0.5) is 4.79 Å². The van der Waals surface area contributed by atoms with E-state index in [1.807, 2.05) is 49.4 Å². The molecular weight excluding hydrogens is 304 g/mol. The lowest BCUT2D eigenvalue weighted by Gasteiger charge is -2.21. The van der Waals surface area contributed by atoms with Crippen molar-refractivity contribution in [2.24, 2.45) is 0 Å². The molecule has 0 atom stereocenters. The monoisotopic (exact) mass is 326 g/mol. The van der Waals surface area contributed by atoms with E-state index in [4.69, 9.17) is 9.47 Å². The van der Waals surface area contributed by atoms with E-state index in [-0.39, 0.29) is 6.03 Å². The van der Waals surface area contributed by atoms with Gasteiger partial charge in [0.2, 0.25) is 0 Å². The second kappa shape index (κ2) is 7.25. The van der Waals surface area contributed by atoms with Crippen LogP contribution in [0.3, 0.4) is 0 Å². The van der Waals surface area contributed by atoms with Crippen LogP contribution < -0.4 is 14.8 Å². The zero-order valence-corrected chi connectivity index (χ0v) is 14.0. The first-order chi connectivity index (χ1) is 11.6. The minimum Gasteiger partial charge on any atom is -0.486 e. The van der Waals surface area contributed by atoms with Crippen LogP contribution in [0.25, 0.3) is 0 Å². The van der Waals surface area contributed by atoms with Gasteiger partial charge in [-0.1, -0.05) is 30.3 Å². The van der Waals surface area contributed by atoms with E-state index in [1.165, 1.54) is 5.56 Å². The van der Waals surface area contributed by atoms with Crippen LogP contribution in [0.15, 0.2) is 42.5 Å². The molecule has 1 N–H and O–H groups in total. The molecule has 0 spiro atoms. The van der Waals surface area contributed by atoms with Gasteiger partial charge in [0.25, 0.3) is 0 Å². The van der Waals surface area contributed by atoms with E-state index in [0.717, 1.165) is 22.6 Å². The van der Waals surface area contributed by atoms with E-state index in [9.17, 15) is 4.79 Å². The van der Waals surface area contributed by atoms with Crippen LogP contribution >= 0.6 is 0 Å². The van der Waals surface area contributed by atoms with E-state index >= 15 is 0 Å². The molecule has 3 rings (SSSR count). The second-order valence-corrected chi connectivity index (χ2v) is 5.92. The number of nitrogens with zero attached hydrogens (tertiary/aromatic N) is 1. The number of aryl methyl sites for hydroxylation is 1. The molecule has 0 saturated heterocycles. The summed E-state index contributed by atoms with van der Waals surface area (Å²) in [7, 11) is 1.78. The van der Waals surface area contributed by atoms with Gasteiger partial charge in [0.1, 0.15) is 13.2 Å². The first kappa shape index (κ1) is 16.2. The number of amides is 2. The number of hydrogen-bond acceptors (Lipinski definition) is 3. The van der Waals surface area contributed by atoms with E-state index in [1.54, 1.807) is 11.9 Å². The summed E-state index contributed by atoms with van der Waals surface area (Å²) in [5.74, 6) is 1.50. The van der Waals surface area contributed by atoms with Gasteiger partial charge >= 0.3 is 6.03 Å². The number of carbonyl (C=O) groups is 1. The standard InChI is InChI=1S/C19H22N2O3/c1-14-5-3-4-6-16(14)12-20-19(22)21(2)13-15-7-8-17-18(11-15)24-10-9-23-17/h3-8,11H,9-10,12-13H2,1-2H3,(H,20,22). The van der Waals surface area contributed by atoms with Gasteiger partial charge in [0.15, 0.2) is 11.5 Å². The van der Waals surface area contributed by atoms with Crippen LogP contribution in [-0.2, 0) is 13.1 Å². The molecule has 0 radical (unpaired) electrons. The largest absolute Gasteiger partial charge is 0.486 e. The summed E-state index contributed by atoms with van der Waals surface area (Å²) in [5.41, 5.74) is 3.30. The Morgan fingerprint density at radius 3 is 2.67 bits per heavy atom. The van der Waals surface area contributed by atoms with Crippen molar-refractivity contribution in [3.05, 3.63) is 59.2 Å². The molecule has 1 aliphatic rings. The van der Waals surface area contributed by atoms with Gasteiger partial charge in [-0.05, 0) is 35.7 Å². The fourth-order valence-corrected chi connectivity index (χ4v) is 2.65. The zero-order valence-electron chi connectivity index (χ0n) is 14.0. The number of benzene rings is 2. The minimum atomic E-state index is -0.104. The normalized spacial score (nSPS) is 12.6. The topological polar surface area (TPSA) is 50.8 Å². The fraction of sp³-hybridized carbons (Fsp3) is 0.316. The lowest BCUT2D eigenvalue weighted by atomic mass is 10.1. The maximum absolute atomic E-state index is 12.3. The molecule has 5 nitrogen and oxygen atoms in total. The van der Waals surface area contributed by atoms with Gasteiger partial charge < -0.3 is 19.7 Å². The summed E-state index contributed by atoms with van der Waals surface area (Å²) in [6, 6.07) is 13.7. The van der Waals surface area contributed by atoms with Crippen molar-refractivity contribution >= 4 is 6.03 Å². The number of nitrogens with one attached hydrogen (secondary N) is 1. The van der Waals surface area contributed by atoms with Gasteiger partial charge in [-0.25, -0.2) is 4.79 Å². The van der Waals surface area contributed by atoms with Crippen LogP contribution in [-0.4, -0.2) is 31.2 Å². The number of carbonyl (C=O) groups excluding carboxylic acids is 1. The summed E-state index contributed by atoms with van der Waals surface area (Å²) in [6.45, 7) is 4.21. The number of ether oxygens (including phenoxy) is 2. The van der Waals surface area contributed by atoms with Gasteiger partial charge in [0, 0.05) is 20.1 Å². The van der Waals surface area contributed by atoms with Crippen molar-refractivity contribution in [1.29, 1.82) is 0 Å². The highest BCUT2D eigenvalue weighted by Gasteiger charge is 2.14. The smallest absolute Gasteiger partial charge is 0.317 e. The molecule has 5 heteroatoms. The van der Waals surface area contributed by atoms with Crippen LogP contribution in [0, 0.1) is 6.92 Å². The Balaban J connectivity index is 1.57. The van der Waals surface area contributed by atoms with E-state index < -0.39 is 0 Å². The van der Waals surface area contributed by atoms with Gasteiger partial charge in [0.05, 0.1) is 0 Å². The molecule has 0 fully saturated rings. The van der Waals surface area contributed by atoms with Crippen molar-refractivity contribution < 1.29 is 14.3 Å². The average molecular weight is 326 g/mol. The first-order valence-electron chi connectivity index (χ1n) is 8.05. The second-order valence-electron chi connectivity index (χ2n) is 5.92. The molecule has 2 aromatic rings. The predicted octanol–water partition coefficient (Wildman–Crippen LogP) is 3.11.